The lowest BCUT2D eigenvalue weighted by Gasteiger charge is -2.28. The van der Waals surface area contributed by atoms with Crippen LogP contribution in [-0.4, -0.2) is 36.3 Å². The van der Waals surface area contributed by atoms with Crippen LogP contribution in [0.4, 0.5) is 11.8 Å². The van der Waals surface area contributed by atoms with Gasteiger partial charge in [-0.25, -0.2) is 4.98 Å². The van der Waals surface area contributed by atoms with Gasteiger partial charge in [-0.1, -0.05) is 0 Å². The molecule has 5 nitrogen and oxygen atoms in total. The van der Waals surface area contributed by atoms with Gasteiger partial charge in [0.15, 0.2) is 0 Å². The molecule has 3 rings (SSSR count). The van der Waals surface area contributed by atoms with Gasteiger partial charge >= 0.3 is 0 Å². The minimum absolute atomic E-state index is 0.348. The van der Waals surface area contributed by atoms with Crippen LogP contribution in [0.25, 0.3) is 10.2 Å². The van der Waals surface area contributed by atoms with E-state index in [9.17, 15) is 0 Å². The molecule has 0 amide bonds. The van der Waals surface area contributed by atoms with E-state index in [2.05, 4.69) is 27.9 Å². The Kier molecular flexibility index (Phi) is 2.60. The van der Waals surface area contributed by atoms with Crippen LogP contribution < -0.4 is 10.6 Å². The standard InChI is InChI=1S/C11H14N4OS/c1-7-6-8-9(15-2-4-16-5-3-15)13-11(12)14-10(8)17-7/h6H,2-5H2,1H3,(H2,12,13,14). The van der Waals surface area contributed by atoms with Gasteiger partial charge in [0.1, 0.15) is 10.6 Å². The normalized spacial score (nSPS) is 16.6. The molecule has 0 atom stereocenters. The molecule has 0 unspecified atom stereocenters. The van der Waals surface area contributed by atoms with Crippen LogP contribution in [0.15, 0.2) is 6.07 Å². The molecule has 2 aromatic rings. The molecule has 2 aromatic heterocycles. The molecule has 0 saturated carbocycles. The van der Waals surface area contributed by atoms with Crippen LogP contribution >= 0.6 is 11.3 Å². The van der Waals surface area contributed by atoms with Gasteiger partial charge in [-0.05, 0) is 13.0 Å². The average Bonchev–Trinajstić information content (AvgIpc) is 2.69. The van der Waals surface area contributed by atoms with Gasteiger partial charge in [0.2, 0.25) is 5.95 Å². The number of fused-ring (bicyclic) bond motifs is 1. The van der Waals surface area contributed by atoms with Crippen molar-refractivity contribution in [3.8, 4) is 0 Å². The Morgan fingerprint density at radius 2 is 2.12 bits per heavy atom. The third-order valence-electron chi connectivity index (χ3n) is 2.82. The van der Waals surface area contributed by atoms with E-state index in [0.29, 0.717) is 5.95 Å². The molecule has 0 aromatic carbocycles. The van der Waals surface area contributed by atoms with Gasteiger partial charge in [0, 0.05) is 18.0 Å². The van der Waals surface area contributed by atoms with Crippen molar-refractivity contribution >= 4 is 33.3 Å². The maximum atomic E-state index is 5.77. The highest BCUT2D eigenvalue weighted by molar-refractivity contribution is 7.18. The van der Waals surface area contributed by atoms with Crippen LogP contribution in [0.1, 0.15) is 4.88 Å². The largest absolute Gasteiger partial charge is 0.378 e. The molecule has 1 saturated heterocycles. The number of rotatable bonds is 1. The highest BCUT2D eigenvalue weighted by Crippen LogP contribution is 2.31. The number of nitrogens with two attached hydrogens (primary N) is 1. The molecule has 90 valence electrons. The minimum Gasteiger partial charge on any atom is -0.378 e. The monoisotopic (exact) mass is 250 g/mol. The second kappa shape index (κ2) is 4.12. The number of morpholine rings is 1. The summed E-state index contributed by atoms with van der Waals surface area (Å²) < 4.78 is 5.35. The summed E-state index contributed by atoms with van der Waals surface area (Å²) in [7, 11) is 0. The summed E-state index contributed by atoms with van der Waals surface area (Å²) in [6, 6.07) is 2.13. The lowest BCUT2D eigenvalue weighted by atomic mass is 10.3. The first-order valence-electron chi connectivity index (χ1n) is 5.60. The van der Waals surface area contributed by atoms with Gasteiger partial charge in [0.05, 0.1) is 18.6 Å². The molecule has 2 N–H and O–H groups in total. The predicted molar refractivity (Wildman–Crippen MR) is 69.6 cm³/mol. The van der Waals surface area contributed by atoms with Gasteiger partial charge in [-0.2, -0.15) is 4.98 Å². The van der Waals surface area contributed by atoms with Crippen molar-refractivity contribution in [2.75, 3.05) is 36.9 Å². The summed E-state index contributed by atoms with van der Waals surface area (Å²) >= 11 is 1.66. The molecule has 0 radical (unpaired) electrons. The molecule has 0 spiro atoms. The number of anilines is 2. The number of aryl methyl sites for hydroxylation is 1. The molecule has 0 aliphatic carbocycles. The smallest absolute Gasteiger partial charge is 0.223 e. The van der Waals surface area contributed by atoms with E-state index in [1.54, 1.807) is 11.3 Å². The van der Waals surface area contributed by atoms with Crippen molar-refractivity contribution in [1.29, 1.82) is 0 Å². The van der Waals surface area contributed by atoms with Gasteiger partial charge in [-0.15, -0.1) is 11.3 Å². The van der Waals surface area contributed by atoms with Crippen molar-refractivity contribution in [2.24, 2.45) is 0 Å². The van der Waals surface area contributed by atoms with Crippen molar-refractivity contribution in [3.05, 3.63) is 10.9 Å². The zero-order valence-electron chi connectivity index (χ0n) is 9.64. The van der Waals surface area contributed by atoms with E-state index in [1.165, 1.54) is 4.88 Å². The van der Waals surface area contributed by atoms with Gasteiger partial charge in [-0.3, -0.25) is 0 Å². The Labute approximate surface area is 103 Å². The Balaban J connectivity index is 2.12. The number of hydrogen-bond donors (Lipinski definition) is 1. The van der Waals surface area contributed by atoms with Crippen LogP contribution in [0.3, 0.4) is 0 Å². The Morgan fingerprint density at radius 3 is 2.88 bits per heavy atom. The van der Waals surface area contributed by atoms with Gasteiger partial charge < -0.3 is 15.4 Å². The van der Waals surface area contributed by atoms with Crippen molar-refractivity contribution in [2.45, 2.75) is 6.92 Å². The average molecular weight is 250 g/mol. The fourth-order valence-electron chi connectivity index (χ4n) is 2.06. The first kappa shape index (κ1) is 10.7. The zero-order chi connectivity index (χ0) is 11.8. The molecular formula is C11H14N4OS. The summed E-state index contributed by atoms with van der Waals surface area (Å²) in [4.78, 5) is 13.1. The number of ether oxygens (including phenoxy) is 1. The molecular weight excluding hydrogens is 236 g/mol. The maximum absolute atomic E-state index is 5.77. The van der Waals surface area contributed by atoms with Crippen LogP contribution in [-0.2, 0) is 4.74 Å². The second-order valence-corrected chi connectivity index (χ2v) is 5.32. The van der Waals surface area contributed by atoms with Crippen molar-refractivity contribution < 1.29 is 4.74 Å². The Bertz CT molecular complexity index is 548. The first-order chi connectivity index (χ1) is 8.24. The summed E-state index contributed by atoms with van der Waals surface area (Å²) in [6.45, 7) is 5.29. The summed E-state index contributed by atoms with van der Waals surface area (Å²) in [6.07, 6.45) is 0. The third-order valence-corrected chi connectivity index (χ3v) is 3.77. The zero-order valence-corrected chi connectivity index (χ0v) is 10.5. The van der Waals surface area contributed by atoms with Crippen LogP contribution in [0, 0.1) is 6.92 Å². The van der Waals surface area contributed by atoms with E-state index < -0.39 is 0 Å². The number of aromatic nitrogens is 2. The topological polar surface area (TPSA) is 64.3 Å². The summed E-state index contributed by atoms with van der Waals surface area (Å²) in [5.41, 5.74) is 5.77. The number of thiophene rings is 1. The lowest BCUT2D eigenvalue weighted by molar-refractivity contribution is 0.122. The van der Waals surface area contributed by atoms with E-state index in [-0.39, 0.29) is 0 Å². The van der Waals surface area contributed by atoms with Crippen molar-refractivity contribution in [3.63, 3.8) is 0 Å². The quantitative estimate of drug-likeness (QED) is 0.829. The van der Waals surface area contributed by atoms with Gasteiger partial charge in [0.25, 0.3) is 0 Å². The van der Waals surface area contributed by atoms with Crippen LogP contribution in [0.2, 0.25) is 0 Å². The molecule has 1 fully saturated rings. The van der Waals surface area contributed by atoms with Crippen molar-refractivity contribution in [1.82, 2.24) is 9.97 Å². The minimum atomic E-state index is 0.348. The summed E-state index contributed by atoms with van der Waals surface area (Å²) in [5, 5.41) is 1.10. The predicted octanol–water partition coefficient (Wildman–Crippen LogP) is 1.42. The number of nitrogens with zero attached hydrogens (tertiary/aromatic N) is 3. The first-order valence-corrected chi connectivity index (χ1v) is 6.42. The van der Waals surface area contributed by atoms with E-state index in [4.69, 9.17) is 10.5 Å². The molecule has 17 heavy (non-hydrogen) atoms. The van der Waals surface area contributed by atoms with E-state index in [1.807, 2.05) is 0 Å². The highest BCUT2D eigenvalue weighted by atomic mass is 32.1. The lowest BCUT2D eigenvalue weighted by Crippen LogP contribution is -2.37. The Hall–Kier alpha value is -1.40. The maximum Gasteiger partial charge on any atom is 0.223 e. The van der Waals surface area contributed by atoms with E-state index >= 15 is 0 Å². The highest BCUT2D eigenvalue weighted by Gasteiger charge is 2.17. The fourth-order valence-corrected chi connectivity index (χ4v) is 2.94. The third kappa shape index (κ3) is 1.94. The molecule has 1 aliphatic rings. The summed E-state index contributed by atoms with van der Waals surface area (Å²) in [5.74, 6) is 1.29. The number of nitrogen functional groups attached to an aromatic ring is 1. The fraction of sp³-hybridized carbons (Fsp3) is 0.455. The molecule has 6 heteroatoms. The molecule has 0 bridgehead atoms. The number of hydrogen-bond acceptors (Lipinski definition) is 6. The van der Waals surface area contributed by atoms with Crippen LogP contribution in [0.5, 0.6) is 0 Å². The van der Waals surface area contributed by atoms with E-state index in [0.717, 1.165) is 42.3 Å². The second-order valence-electron chi connectivity index (χ2n) is 4.08. The molecule has 3 heterocycles. The SMILES string of the molecule is Cc1cc2c(N3CCOCC3)nc(N)nc2s1. The molecule has 1 aliphatic heterocycles. The Morgan fingerprint density at radius 1 is 1.35 bits per heavy atom.